The van der Waals surface area contributed by atoms with Crippen molar-refractivity contribution in [1.29, 1.82) is 0 Å². The van der Waals surface area contributed by atoms with Gasteiger partial charge in [0.25, 0.3) is 0 Å². The topological polar surface area (TPSA) is 75.3 Å². The number of halogens is 2. The zero-order chi connectivity index (χ0) is 17.5. The average Bonchev–Trinajstić information content (AvgIpc) is 3.20. The van der Waals surface area contributed by atoms with Gasteiger partial charge in [0.2, 0.25) is 5.91 Å². The molecule has 1 heterocycles. The lowest BCUT2D eigenvalue weighted by atomic mass is 9.91. The summed E-state index contributed by atoms with van der Waals surface area (Å²) in [4.78, 5) is 12.1. The van der Waals surface area contributed by atoms with Crippen LogP contribution in [0.1, 0.15) is 37.8 Å². The van der Waals surface area contributed by atoms with Crippen molar-refractivity contribution in [3.05, 3.63) is 29.6 Å². The molecule has 1 aromatic carbocycles. The Labute approximate surface area is 154 Å². The van der Waals surface area contributed by atoms with Gasteiger partial charge in [-0.25, -0.2) is 12.8 Å². The first-order chi connectivity index (χ1) is 11.2. The van der Waals surface area contributed by atoms with Gasteiger partial charge in [-0.15, -0.1) is 12.4 Å². The minimum absolute atomic E-state index is 0. The molecule has 25 heavy (non-hydrogen) atoms. The highest BCUT2D eigenvalue weighted by Crippen LogP contribution is 2.58. The summed E-state index contributed by atoms with van der Waals surface area (Å²) in [5, 5.41) is 6.25. The molecule has 1 saturated heterocycles. The molecular formula is C17H24ClFN2O3S. The standard InChI is InChI=1S/C17H23FN2O3S.ClH/c1-11(12-3-4-15(14(18)9-12)24(2,22)23)20-16(21)13-10-17(13)5-7-19-8-6-17;/h3-4,9,11,13,19H,5-8,10H2,1-2H3,(H,20,21);1H. The predicted molar refractivity (Wildman–Crippen MR) is 96.0 cm³/mol. The van der Waals surface area contributed by atoms with Crippen LogP contribution < -0.4 is 10.6 Å². The summed E-state index contributed by atoms with van der Waals surface area (Å²) in [7, 11) is -3.59. The molecule has 1 aliphatic carbocycles. The van der Waals surface area contributed by atoms with Gasteiger partial charge in [0.1, 0.15) is 10.7 Å². The minimum atomic E-state index is -3.59. The number of rotatable bonds is 4. The van der Waals surface area contributed by atoms with E-state index in [1.165, 1.54) is 12.1 Å². The van der Waals surface area contributed by atoms with Gasteiger partial charge in [0.05, 0.1) is 6.04 Å². The smallest absolute Gasteiger partial charge is 0.224 e. The van der Waals surface area contributed by atoms with E-state index in [1.54, 1.807) is 13.0 Å². The molecule has 0 bridgehead atoms. The molecule has 2 unspecified atom stereocenters. The molecule has 2 atom stereocenters. The monoisotopic (exact) mass is 390 g/mol. The summed E-state index contributed by atoms with van der Waals surface area (Å²) >= 11 is 0. The second-order valence-electron chi connectivity index (χ2n) is 7.06. The molecule has 0 radical (unpaired) electrons. The van der Waals surface area contributed by atoms with Crippen molar-refractivity contribution in [2.45, 2.75) is 37.1 Å². The maximum Gasteiger partial charge on any atom is 0.224 e. The van der Waals surface area contributed by atoms with Crippen molar-refractivity contribution in [3.63, 3.8) is 0 Å². The van der Waals surface area contributed by atoms with Crippen LogP contribution in [-0.2, 0) is 14.6 Å². The first-order valence-electron chi connectivity index (χ1n) is 8.23. The van der Waals surface area contributed by atoms with Gasteiger partial charge in [0, 0.05) is 12.2 Å². The number of sulfone groups is 1. The third-order valence-corrected chi connectivity index (χ3v) is 6.45. The second-order valence-corrected chi connectivity index (χ2v) is 9.05. The van der Waals surface area contributed by atoms with E-state index >= 15 is 0 Å². The van der Waals surface area contributed by atoms with Crippen LogP contribution in [0.25, 0.3) is 0 Å². The Kier molecular flexibility index (Phi) is 5.81. The van der Waals surface area contributed by atoms with Gasteiger partial charge >= 0.3 is 0 Å². The lowest BCUT2D eigenvalue weighted by Crippen LogP contribution is -2.34. The fourth-order valence-corrected chi connectivity index (χ4v) is 4.41. The number of hydrogen-bond acceptors (Lipinski definition) is 4. The molecule has 2 aliphatic rings. The second kappa shape index (κ2) is 7.21. The normalized spacial score (nSPS) is 22.8. The molecule has 5 nitrogen and oxygen atoms in total. The van der Waals surface area contributed by atoms with Gasteiger partial charge in [-0.3, -0.25) is 4.79 Å². The third kappa shape index (κ3) is 4.15. The summed E-state index contributed by atoms with van der Waals surface area (Å²) in [6.45, 7) is 3.69. The fourth-order valence-electron chi connectivity index (χ4n) is 3.68. The van der Waals surface area contributed by atoms with Gasteiger partial charge in [-0.05, 0) is 62.4 Å². The quantitative estimate of drug-likeness (QED) is 0.826. The van der Waals surface area contributed by atoms with E-state index < -0.39 is 15.7 Å². The molecule has 2 N–H and O–H groups in total. The lowest BCUT2D eigenvalue weighted by Gasteiger charge is -2.24. The van der Waals surface area contributed by atoms with Crippen molar-refractivity contribution >= 4 is 28.2 Å². The van der Waals surface area contributed by atoms with Crippen LogP contribution in [0.3, 0.4) is 0 Å². The molecule has 1 spiro atoms. The minimum Gasteiger partial charge on any atom is -0.349 e. The van der Waals surface area contributed by atoms with Crippen molar-refractivity contribution in [2.75, 3.05) is 19.3 Å². The van der Waals surface area contributed by atoms with Gasteiger partial charge in [0.15, 0.2) is 9.84 Å². The Morgan fingerprint density at radius 3 is 2.56 bits per heavy atom. The highest BCUT2D eigenvalue weighted by molar-refractivity contribution is 7.90. The molecule has 3 rings (SSSR count). The van der Waals surface area contributed by atoms with Crippen molar-refractivity contribution < 1.29 is 17.6 Å². The Balaban J connectivity index is 0.00000225. The number of carbonyl (C=O) groups excluding carboxylic acids is 1. The average molecular weight is 391 g/mol. The summed E-state index contributed by atoms with van der Waals surface area (Å²) in [6, 6.07) is 3.64. The largest absolute Gasteiger partial charge is 0.349 e. The van der Waals surface area contributed by atoms with E-state index in [2.05, 4.69) is 10.6 Å². The third-order valence-electron chi connectivity index (χ3n) is 5.32. The maximum absolute atomic E-state index is 14.0. The number of benzene rings is 1. The zero-order valence-corrected chi connectivity index (χ0v) is 16.0. The van der Waals surface area contributed by atoms with Gasteiger partial charge in [-0.1, -0.05) is 6.07 Å². The molecular weight excluding hydrogens is 367 g/mol. The van der Waals surface area contributed by atoms with Gasteiger partial charge < -0.3 is 10.6 Å². The highest BCUT2D eigenvalue weighted by Gasteiger charge is 2.57. The van der Waals surface area contributed by atoms with Crippen LogP contribution >= 0.6 is 12.4 Å². The molecule has 1 saturated carbocycles. The highest BCUT2D eigenvalue weighted by atomic mass is 35.5. The molecule has 0 aromatic heterocycles. The van der Waals surface area contributed by atoms with E-state index in [9.17, 15) is 17.6 Å². The van der Waals surface area contributed by atoms with E-state index in [0.717, 1.165) is 38.6 Å². The molecule has 1 aliphatic heterocycles. The molecule has 2 fully saturated rings. The first-order valence-corrected chi connectivity index (χ1v) is 10.1. The fraction of sp³-hybridized carbons (Fsp3) is 0.588. The number of piperidine rings is 1. The SMILES string of the molecule is CC(NC(=O)C1CC12CCNCC2)c1ccc(S(C)(=O)=O)c(F)c1.Cl. The Hall–Kier alpha value is -1.18. The lowest BCUT2D eigenvalue weighted by molar-refractivity contribution is -0.123. The first kappa shape index (κ1) is 20.1. The Morgan fingerprint density at radius 1 is 1.36 bits per heavy atom. The van der Waals surface area contributed by atoms with E-state index in [0.29, 0.717) is 5.56 Å². The molecule has 8 heteroatoms. The number of amides is 1. The zero-order valence-electron chi connectivity index (χ0n) is 14.3. The maximum atomic E-state index is 14.0. The molecule has 1 amide bonds. The van der Waals surface area contributed by atoms with E-state index in [1.807, 2.05) is 0 Å². The Bertz CT molecular complexity index is 763. The van der Waals surface area contributed by atoms with Crippen LogP contribution in [0, 0.1) is 17.2 Å². The van der Waals surface area contributed by atoms with Crippen molar-refractivity contribution in [1.82, 2.24) is 10.6 Å². The van der Waals surface area contributed by atoms with Crippen LogP contribution in [0.4, 0.5) is 4.39 Å². The van der Waals surface area contributed by atoms with Crippen LogP contribution in [0.15, 0.2) is 23.1 Å². The van der Waals surface area contributed by atoms with Crippen molar-refractivity contribution in [2.24, 2.45) is 11.3 Å². The number of hydrogen-bond donors (Lipinski definition) is 2. The van der Waals surface area contributed by atoms with Crippen LogP contribution in [0.2, 0.25) is 0 Å². The molecule has 1 aromatic rings. The number of nitrogens with one attached hydrogen (secondary N) is 2. The van der Waals surface area contributed by atoms with Crippen LogP contribution in [0.5, 0.6) is 0 Å². The number of carbonyl (C=O) groups is 1. The summed E-state index contributed by atoms with van der Waals surface area (Å²) < 4.78 is 36.9. The molecule has 140 valence electrons. The summed E-state index contributed by atoms with van der Waals surface area (Å²) in [6.07, 6.45) is 3.95. The van der Waals surface area contributed by atoms with E-state index in [4.69, 9.17) is 0 Å². The van der Waals surface area contributed by atoms with Crippen LogP contribution in [-0.4, -0.2) is 33.7 Å². The van der Waals surface area contributed by atoms with E-state index in [-0.39, 0.29) is 40.6 Å². The summed E-state index contributed by atoms with van der Waals surface area (Å²) in [5.41, 5.74) is 0.716. The van der Waals surface area contributed by atoms with Crippen molar-refractivity contribution in [3.8, 4) is 0 Å². The van der Waals surface area contributed by atoms with Gasteiger partial charge in [-0.2, -0.15) is 0 Å². The summed E-state index contributed by atoms with van der Waals surface area (Å²) in [5.74, 6) is -0.725. The predicted octanol–water partition coefficient (Wildman–Crippen LogP) is 2.22. The Morgan fingerprint density at radius 2 is 2.00 bits per heavy atom.